The number of rotatable bonds is 20. The minimum Gasteiger partial charge on any atom is -0.493 e. The highest BCUT2D eigenvalue weighted by Crippen LogP contribution is 2.33. The predicted octanol–water partition coefficient (Wildman–Crippen LogP) is 4.53. The van der Waals surface area contributed by atoms with Gasteiger partial charge in [-0.15, -0.1) is 0 Å². The summed E-state index contributed by atoms with van der Waals surface area (Å²) in [6.45, 7) is 6.63. The maximum absolute atomic E-state index is 13.2. The molecule has 2 unspecified atom stereocenters. The van der Waals surface area contributed by atoms with Crippen LogP contribution in [0.25, 0.3) is 0 Å². The molecule has 0 saturated carbocycles. The zero-order valence-corrected chi connectivity index (χ0v) is 39.0. The molecule has 0 bridgehead atoms. The van der Waals surface area contributed by atoms with Gasteiger partial charge in [0.25, 0.3) is 11.8 Å². The summed E-state index contributed by atoms with van der Waals surface area (Å²) in [6, 6.07) is 15.4. The highest BCUT2D eigenvalue weighted by atomic mass is 32.2. The Kier molecular flexibility index (Phi) is 19.0. The molecule has 0 fully saturated rings. The van der Waals surface area contributed by atoms with Gasteiger partial charge in [0.05, 0.1) is 84.7 Å². The Morgan fingerprint density at radius 2 is 0.970 bits per heavy atom. The van der Waals surface area contributed by atoms with E-state index in [9.17, 15) is 55.8 Å². The van der Waals surface area contributed by atoms with E-state index in [1.54, 1.807) is 50.2 Å². The predicted molar refractivity (Wildman–Crippen MR) is 244 cm³/mol. The second-order valence-corrected chi connectivity index (χ2v) is 18.7. The van der Waals surface area contributed by atoms with Gasteiger partial charge >= 0.3 is 11.9 Å². The fourth-order valence-corrected chi connectivity index (χ4v) is 8.17. The number of nitrogens with one attached hydrogen (secondary N) is 4. The minimum atomic E-state index is -3.57. The second-order valence-electron chi connectivity index (χ2n) is 14.4. The summed E-state index contributed by atoms with van der Waals surface area (Å²) < 4.78 is 69.9. The van der Waals surface area contributed by atoms with E-state index in [1.165, 1.54) is 64.5 Å². The number of hydrogen-bond acceptors (Lipinski definition) is 14. The normalized spacial score (nSPS) is 11.9. The number of carboxylic acid groups (broad SMARTS) is 2. The Morgan fingerprint density at radius 3 is 1.33 bits per heavy atom. The van der Waals surface area contributed by atoms with Gasteiger partial charge in [0.1, 0.15) is 19.7 Å². The molecule has 2 atom stereocenters. The molecule has 0 heterocycles. The van der Waals surface area contributed by atoms with Crippen molar-refractivity contribution in [2.75, 3.05) is 62.1 Å². The monoisotopic (exact) mass is 956 g/mol. The zero-order valence-electron chi connectivity index (χ0n) is 37.3. The Hall–Kier alpha value is -7.20. The van der Waals surface area contributed by atoms with Crippen LogP contribution in [0, 0.1) is 0 Å². The summed E-state index contributed by atoms with van der Waals surface area (Å²) in [7, 11) is -4.20. The van der Waals surface area contributed by atoms with Crippen LogP contribution in [-0.2, 0) is 29.3 Å². The van der Waals surface area contributed by atoms with E-state index in [2.05, 4.69) is 21.3 Å². The zero-order chi connectivity index (χ0) is 49.5. The van der Waals surface area contributed by atoms with Crippen molar-refractivity contribution >= 4 is 66.6 Å². The molecule has 4 aromatic rings. The summed E-state index contributed by atoms with van der Waals surface area (Å²) in [5.41, 5.74) is -0.509. The van der Waals surface area contributed by atoms with Crippen LogP contribution in [0.15, 0.2) is 72.8 Å². The SMILES string of the molecule is CCOc1cc(C(CS(C)(=O)=O)NC(=O)c2c(NC(C)=O)cccc2C(=O)O)ccc1OC.CCOc1cc(C(CS(C)(=O)=O)NC(=O)c2cccc(NC(C)=O)c2C(=O)O)ccc1OC. The number of benzene rings is 4. The molecule has 0 aromatic heterocycles. The van der Waals surface area contributed by atoms with Gasteiger partial charge in [-0.2, -0.15) is 0 Å². The molecule has 0 radical (unpaired) electrons. The third-order valence-corrected chi connectivity index (χ3v) is 10.9. The molecule has 4 amide bonds. The molecule has 66 heavy (non-hydrogen) atoms. The lowest BCUT2D eigenvalue weighted by Crippen LogP contribution is -2.34. The molecule has 20 nitrogen and oxygen atoms in total. The summed E-state index contributed by atoms with van der Waals surface area (Å²) in [4.78, 5) is 72.8. The minimum absolute atomic E-state index is 0.0114. The van der Waals surface area contributed by atoms with Gasteiger partial charge in [-0.1, -0.05) is 24.3 Å². The van der Waals surface area contributed by atoms with Crippen LogP contribution >= 0.6 is 0 Å². The molecule has 0 spiro atoms. The largest absolute Gasteiger partial charge is 0.493 e. The van der Waals surface area contributed by atoms with Crippen LogP contribution in [0.2, 0.25) is 0 Å². The summed E-state index contributed by atoms with van der Waals surface area (Å²) in [5.74, 6) is -4.81. The van der Waals surface area contributed by atoms with Crippen molar-refractivity contribution in [2.24, 2.45) is 0 Å². The van der Waals surface area contributed by atoms with Gasteiger partial charge in [0.15, 0.2) is 23.0 Å². The number of methoxy groups -OCH3 is 2. The summed E-state index contributed by atoms with van der Waals surface area (Å²) in [6.07, 6.45) is 2.05. The topological polar surface area (TPSA) is 296 Å². The van der Waals surface area contributed by atoms with Crippen molar-refractivity contribution in [1.82, 2.24) is 10.6 Å². The number of aromatic carboxylic acids is 2. The number of carboxylic acids is 2. The van der Waals surface area contributed by atoms with E-state index in [1.807, 2.05) is 0 Å². The number of anilines is 2. The van der Waals surface area contributed by atoms with Crippen molar-refractivity contribution in [3.8, 4) is 23.0 Å². The molecular formula is C44H52N4O16S2. The fourth-order valence-electron chi connectivity index (χ4n) is 6.41. The average Bonchev–Trinajstić information content (AvgIpc) is 3.21. The van der Waals surface area contributed by atoms with Gasteiger partial charge < -0.3 is 50.4 Å². The van der Waals surface area contributed by atoms with Crippen molar-refractivity contribution in [3.05, 3.63) is 106 Å². The van der Waals surface area contributed by atoms with E-state index in [-0.39, 0.29) is 28.1 Å². The second kappa shape index (κ2) is 23.6. The molecule has 0 saturated heterocycles. The molecule has 0 aliphatic carbocycles. The van der Waals surface area contributed by atoms with E-state index < -0.39 is 84.4 Å². The standard InChI is InChI=1S/2C22H26N2O8S/c1-5-32-19-11-14(9-10-18(19)31-3)17(12-33(4,29)30)24-21(26)20-15(22(27)28)7-6-8-16(20)23-13(2)25;1-5-32-19-11-14(9-10-18(19)31-3)17(12-33(4,29)30)24-21(26)15-7-6-8-16(23-13(2)25)20(15)22(27)28/h2*6-11,17H,5,12H2,1-4H3,(H,23,25)(H,24,26)(H,27,28). The number of sulfone groups is 2. The first-order valence-electron chi connectivity index (χ1n) is 19.8. The first-order valence-corrected chi connectivity index (χ1v) is 23.9. The molecule has 0 aliphatic heterocycles. The highest BCUT2D eigenvalue weighted by Gasteiger charge is 2.28. The van der Waals surface area contributed by atoms with Crippen molar-refractivity contribution in [2.45, 2.75) is 39.8 Å². The highest BCUT2D eigenvalue weighted by molar-refractivity contribution is 7.90. The van der Waals surface area contributed by atoms with Crippen LogP contribution in [-0.4, -0.2) is 114 Å². The number of hydrogen-bond donors (Lipinski definition) is 6. The van der Waals surface area contributed by atoms with E-state index in [4.69, 9.17) is 18.9 Å². The van der Waals surface area contributed by atoms with Crippen LogP contribution in [0.5, 0.6) is 23.0 Å². The van der Waals surface area contributed by atoms with Crippen LogP contribution < -0.4 is 40.2 Å². The number of carbonyl (C=O) groups excluding carboxylic acids is 4. The fraction of sp³-hybridized carbons (Fsp3) is 0.318. The lowest BCUT2D eigenvalue weighted by molar-refractivity contribution is -0.115. The molecule has 4 aromatic carbocycles. The lowest BCUT2D eigenvalue weighted by atomic mass is 10.0. The smallest absolute Gasteiger partial charge is 0.338 e. The summed E-state index contributed by atoms with van der Waals surface area (Å²) >= 11 is 0. The molecule has 22 heteroatoms. The summed E-state index contributed by atoms with van der Waals surface area (Å²) in [5, 5.41) is 29.2. The Bertz CT molecular complexity index is 2690. The van der Waals surface area contributed by atoms with Crippen LogP contribution in [0.3, 0.4) is 0 Å². The van der Waals surface area contributed by atoms with Crippen molar-refractivity contribution in [3.63, 3.8) is 0 Å². The van der Waals surface area contributed by atoms with Crippen molar-refractivity contribution < 1.29 is 74.8 Å². The Labute approximate surface area is 381 Å². The van der Waals surface area contributed by atoms with Gasteiger partial charge in [-0.25, -0.2) is 26.4 Å². The third-order valence-electron chi connectivity index (χ3n) is 9.00. The first-order chi connectivity index (χ1) is 30.9. The number of carbonyl (C=O) groups is 6. The molecular weight excluding hydrogens is 905 g/mol. The molecule has 6 N–H and O–H groups in total. The number of amides is 4. The van der Waals surface area contributed by atoms with E-state index >= 15 is 0 Å². The van der Waals surface area contributed by atoms with Crippen LogP contribution in [0.1, 0.15) is 92.3 Å². The van der Waals surface area contributed by atoms with Gasteiger partial charge in [0.2, 0.25) is 11.8 Å². The maximum Gasteiger partial charge on any atom is 0.338 e. The molecule has 4 rings (SSSR count). The quantitative estimate of drug-likeness (QED) is 0.0709. The van der Waals surface area contributed by atoms with Crippen LogP contribution in [0.4, 0.5) is 11.4 Å². The van der Waals surface area contributed by atoms with E-state index in [0.29, 0.717) is 47.3 Å². The number of ether oxygens (including phenoxy) is 4. The Morgan fingerprint density at radius 1 is 0.561 bits per heavy atom. The van der Waals surface area contributed by atoms with Gasteiger partial charge in [-0.3, -0.25) is 19.2 Å². The van der Waals surface area contributed by atoms with E-state index in [0.717, 1.165) is 12.5 Å². The third kappa shape index (κ3) is 15.5. The van der Waals surface area contributed by atoms with Crippen molar-refractivity contribution in [1.29, 1.82) is 0 Å². The maximum atomic E-state index is 13.2. The average molecular weight is 957 g/mol. The lowest BCUT2D eigenvalue weighted by Gasteiger charge is -2.21. The van der Waals surface area contributed by atoms with Gasteiger partial charge in [0, 0.05) is 26.4 Å². The molecule has 0 aliphatic rings. The van der Waals surface area contributed by atoms with Gasteiger partial charge in [-0.05, 0) is 73.5 Å². The Balaban J connectivity index is 0.000000350. The molecule has 356 valence electrons. The first kappa shape index (κ1) is 53.1.